The van der Waals surface area contributed by atoms with Gasteiger partial charge in [0.05, 0.1) is 6.61 Å². The van der Waals surface area contributed by atoms with Crippen LogP contribution in [0.4, 0.5) is 0 Å². The van der Waals surface area contributed by atoms with Crippen molar-refractivity contribution in [3.05, 3.63) is 29.8 Å². The Bertz CT molecular complexity index is 357. The van der Waals surface area contributed by atoms with Crippen molar-refractivity contribution in [1.82, 2.24) is 5.32 Å². The average molecular weight is 249 g/mol. The van der Waals surface area contributed by atoms with Gasteiger partial charge in [-0.3, -0.25) is 0 Å². The molecule has 0 radical (unpaired) electrons. The number of hydrogen-bond donors (Lipinski definition) is 2. The summed E-state index contributed by atoms with van der Waals surface area (Å²) in [5.74, 6) is 0.975. The molecule has 0 aliphatic carbocycles. The highest BCUT2D eigenvalue weighted by atomic mass is 16.5. The molecule has 1 fully saturated rings. The summed E-state index contributed by atoms with van der Waals surface area (Å²) in [5.41, 5.74) is 1.25. The third-order valence-corrected chi connectivity index (χ3v) is 3.70. The molecule has 0 aromatic heterocycles. The van der Waals surface area contributed by atoms with E-state index in [0.717, 1.165) is 19.6 Å². The first-order valence-corrected chi connectivity index (χ1v) is 6.77. The quantitative estimate of drug-likeness (QED) is 0.841. The molecule has 1 aromatic carbocycles. The highest BCUT2D eigenvalue weighted by molar-refractivity contribution is 5.26. The first-order valence-electron chi connectivity index (χ1n) is 6.77. The number of benzene rings is 1. The number of ether oxygens (including phenoxy) is 1. The van der Waals surface area contributed by atoms with E-state index in [0.29, 0.717) is 23.8 Å². The molecule has 1 aliphatic heterocycles. The summed E-state index contributed by atoms with van der Waals surface area (Å²) in [6.45, 7) is 6.24. The van der Waals surface area contributed by atoms with Crippen LogP contribution in [0, 0.1) is 5.92 Å². The van der Waals surface area contributed by atoms with E-state index >= 15 is 0 Å². The van der Waals surface area contributed by atoms with E-state index in [1.807, 2.05) is 12.1 Å². The van der Waals surface area contributed by atoms with Crippen LogP contribution >= 0.6 is 0 Å². The van der Waals surface area contributed by atoms with Crippen molar-refractivity contribution in [2.24, 2.45) is 5.92 Å². The van der Waals surface area contributed by atoms with E-state index in [2.05, 4.69) is 19.2 Å². The van der Waals surface area contributed by atoms with Crippen molar-refractivity contribution in [2.45, 2.75) is 38.8 Å². The molecule has 1 saturated heterocycles. The molecule has 0 bridgehead atoms. The summed E-state index contributed by atoms with van der Waals surface area (Å²) in [4.78, 5) is 0. The molecule has 3 heteroatoms. The Labute approximate surface area is 109 Å². The second-order valence-corrected chi connectivity index (χ2v) is 5.35. The Morgan fingerprint density at radius 2 is 2.06 bits per heavy atom. The molecule has 1 heterocycles. The summed E-state index contributed by atoms with van der Waals surface area (Å²) in [6.07, 6.45) is 2.15. The summed E-state index contributed by atoms with van der Waals surface area (Å²) in [6, 6.07) is 8.39. The highest BCUT2D eigenvalue weighted by Gasteiger charge is 2.23. The van der Waals surface area contributed by atoms with Crippen molar-refractivity contribution in [1.29, 1.82) is 0 Å². The first-order chi connectivity index (χ1) is 8.65. The fourth-order valence-electron chi connectivity index (χ4n) is 2.58. The van der Waals surface area contributed by atoms with Gasteiger partial charge >= 0.3 is 0 Å². The second kappa shape index (κ2) is 6.21. The molecule has 18 heavy (non-hydrogen) atoms. The molecule has 0 spiro atoms. The van der Waals surface area contributed by atoms with E-state index in [-0.39, 0.29) is 0 Å². The van der Waals surface area contributed by atoms with Crippen LogP contribution in [0.25, 0.3) is 0 Å². The van der Waals surface area contributed by atoms with Gasteiger partial charge in [0.1, 0.15) is 5.75 Å². The second-order valence-electron chi connectivity index (χ2n) is 5.35. The SMILES string of the molecule is CC(Cc1ccc(O)cc1)NC(C)C1CCOC1. The van der Waals surface area contributed by atoms with Crippen LogP contribution in [0.5, 0.6) is 5.75 Å². The third kappa shape index (κ3) is 3.72. The number of phenols is 1. The Hall–Kier alpha value is -1.06. The molecule has 1 aliphatic rings. The van der Waals surface area contributed by atoms with Gasteiger partial charge in [-0.15, -0.1) is 0 Å². The molecule has 3 atom stereocenters. The van der Waals surface area contributed by atoms with Gasteiger partial charge in [-0.05, 0) is 50.3 Å². The van der Waals surface area contributed by atoms with Crippen LogP contribution in [0.3, 0.4) is 0 Å². The van der Waals surface area contributed by atoms with Crippen molar-refractivity contribution in [3.8, 4) is 5.75 Å². The maximum atomic E-state index is 9.25. The van der Waals surface area contributed by atoms with Crippen LogP contribution in [0.15, 0.2) is 24.3 Å². The van der Waals surface area contributed by atoms with E-state index < -0.39 is 0 Å². The fourth-order valence-corrected chi connectivity index (χ4v) is 2.58. The summed E-state index contributed by atoms with van der Waals surface area (Å²) < 4.78 is 5.42. The zero-order valence-corrected chi connectivity index (χ0v) is 11.2. The monoisotopic (exact) mass is 249 g/mol. The smallest absolute Gasteiger partial charge is 0.115 e. The van der Waals surface area contributed by atoms with Crippen molar-refractivity contribution in [2.75, 3.05) is 13.2 Å². The molecule has 2 rings (SSSR count). The minimum Gasteiger partial charge on any atom is -0.508 e. The molecule has 1 aromatic rings. The van der Waals surface area contributed by atoms with Crippen molar-refractivity contribution < 1.29 is 9.84 Å². The van der Waals surface area contributed by atoms with Gasteiger partial charge in [-0.25, -0.2) is 0 Å². The van der Waals surface area contributed by atoms with Gasteiger partial charge in [-0.1, -0.05) is 12.1 Å². The summed E-state index contributed by atoms with van der Waals surface area (Å²) in [5, 5.41) is 12.9. The zero-order chi connectivity index (χ0) is 13.0. The van der Waals surface area contributed by atoms with Gasteiger partial charge in [0.2, 0.25) is 0 Å². The molecular weight excluding hydrogens is 226 g/mol. The van der Waals surface area contributed by atoms with Gasteiger partial charge in [0.25, 0.3) is 0 Å². The normalized spacial score (nSPS) is 22.9. The number of aromatic hydroxyl groups is 1. The predicted molar refractivity (Wildman–Crippen MR) is 72.8 cm³/mol. The largest absolute Gasteiger partial charge is 0.508 e. The molecule has 0 amide bonds. The highest BCUT2D eigenvalue weighted by Crippen LogP contribution is 2.17. The maximum absolute atomic E-state index is 9.25. The number of hydrogen-bond acceptors (Lipinski definition) is 3. The Kier molecular flexibility index (Phi) is 4.61. The number of nitrogens with one attached hydrogen (secondary N) is 1. The molecule has 0 saturated carbocycles. The van der Waals surface area contributed by atoms with Gasteiger partial charge < -0.3 is 15.2 Å². The third-order valence-electron chi connectivity index (χ3n) is 3.70. The van der Waals surface area contributed by atoms with Gasteiger partial charge in [-0.2, -0.15) is 0 Å². The van der Waals surface area contributed by atoms with Crippen LogP contribution < -0.4 is 5.32 Å². The fraction of sp³-hybridized carbons (Fsp3) is 0.600. The average Bonchev–Trinajstić information content (AvgIpc) is 2.85. The van der Waals surface area contributed by atoms with Crippen LogP contribution in [-0.2, 0) is 11.2 Å². The lowest BCUT2D eigenvalue weighted by Crippen LogP contribution is -2.40. The first kappa shape index (κ1) is 13.4. The van der Waals surface area contributed by atoms with E-state index in [1.54, 1.807) is 12.1 Å². The van der Waals surface area contributed by atoms with Crippen molar-refractivity contribution >= 4 is 0 Å². The standard InChI is InChI=1S/C15H23NO2/c1-11(9-13-3-5-15(17)6-4-13)16-12(2)14-7-8-18-10-14/h3-6,11-12,14,16-17H,7-10H2,1-2H3. The summed E-state index contributed by atoms with van der Waals surface area (Å²) in [7, 11) is 0. The van der Waals surface area contributed by atoms with Crippen LogP contribution in [0.1, 0.15) is 25.8 Å². The number of phenolic OH excluding ortho intramolecular Hbond substituents is 1. The molecule has 2 N–H and O–H groups in total. The molecular formula is C15H23NO2. The number of rotatable bonds is 5. The lowest BCUT2D eigenvalue weighted by Gasteiger charge is -2.24. The predicted octanol–water partition coefficient (Wildman–Crippen LogP) is 2.34. The zero-order valence-electron chi connectivity index (χ0n) is 11.2. The van der Waals surface area contributed by atoms with Gasteiger partial charge in [0.15, 0.2) is 0 Å². The van der Waals surface area contributed by atoms with Crippen molar-refractivity contribution in [3.63, 3.8) is 0 Å². The van der Waals surface area contributed by atoms with E-state index in [4.69, 9.17) is 4.74 Å². The Balaban J connectivity index is 1.80. The molecule has 100 valence electrons. The van der Waals surface area contributed by atoms with Crippen LogP contribution in [-0.4, -0.2) is 30.4 Å². The Morgan fingerprint density at radius 3 is 2.67 bits per heavy atom. The van der Waals surface area contributed by atoms with E-state index in [1.165, 1.54) is 12.0 Å². The topological polar surface area (TPSA) is 41.5 Å². The maximum Gasteiger partial charge on any atom is 0.115 e. The molecule has 3 nitrogen and oxygen atoms in total. The lowest BCUT2D eigenvalue weighted by molar-refractivity contribution is 0.177. The Morgan fingerprint density at radius 1 is 1.33 bits per heavy atom. The minimum absolute atomic E-state index is 0.329. The van der Waals surface area contributed by atoms with Gasteiger partial charge in [0, 0.05) is 18.7 Å². The van der Waals surface area contributed by atoms with Crippen LogP contribution in [0.2, 0.25) is 0 Å². The summed E-state index contributed by atoms with van der Waals surface area (Å²) >= 11 is 0. The van der Waals surface area contributed by atoms with E-state index in [9.17, 15) is 5.11 Å². The minimum atomic E-state index is 0.329. The molecule has 3 unspecified atom stereocenters. The lowest BCUT2D eigenvalue weighted by atomic mass is 9.98.